The summed E-state index contributed by atoms with van der Waals surface area (Å²) >= 11 is 1.95. The Morgan fingerprint density at radius 1 is 0.580 bits per heavy atom. The molecule has 50 heavy (non-hydrogen) atoms. The lowest BCUT2D eigenvalue weighted by Gasteiger charge is -2.13. The maximum absolute atomic E-state index is 2.51. The minimum atomic E-state index is 0.961. The maximum atomic E-state index is 2.51. The molecule has 1 heterocycles. The Balaban J connectivity index is 1.23. The van der Waals surface area contributed by atoms with Gasteiger partial charge in [0.2, 0.25) is 0 Å². The van der Waals surface area contributed by atoms with Crippen LogP contribution in [-0.4, -0.2) is 0 Å². The van der Waals surface area contributed by atoms with E-state index in [0.717, 1.165) is 25.7 Å². The van der Waals surface area contributed by atoms with E-state index >= 15 is 0 Å². The third-order valence-corrected chi connectivity index (χ3v) is 11.7. The average molecular weight is 659 g/mol. The summed E-state index contributed by atoms with van der Waals surface area (Å²) in [4.78, 5) is 0. The molecule has 0 spiro atoms. The third kappa shape index (κ3) is 5.49. The molecule has 1 aromatic heterocycles. The molecule has 240 valence electrons. The lowest BCUT2D eigenvalue weighted by Crippen LogP contribution is -2.22. The van der Waals surface area contributed by atoms with Gasteiger partial charge in [-0.25, -0.2) is 0 Å². The molecule has 0 nitrogen and oxygen atoms in total. The van der Waals surface area contributed by atoms with Crippen molar-refractivity contribution in [3.8, 4) is 22.3 Å². The zero-order chi connectivity index (χ0) is 33.4. The number of hydrogen-bond donors (Lipinski definition) is 0. The van der Waals surface area contributed by atoms with Crippen LogP contribution in [0.25, 0.3) is 76.3 Å². The Hall–Kier alpha value is -5.50. The molecular weight excluding hydrogens is 621 g/mol. The highest BCUT2D eigenvalue weighted by Crippen LogP contribution is 2.37. The van der Waals surface area contributed by atoms with Crippen LogP contribution >= 0.6 is 11.3 Å². The largest absolute Gasteiger partial charge is 0.135 e. The van der Waals surface area contributed by atoms with Crippen molar-refractivity contribution >= 4 is 65.4 Å². The van der Waals surface area contributed by atoms with E-state index in [4.69, 9.17) is 0 Å². The SMILES string of the molecule is CC/C(c1cccc(-c2ccc3c4ccccc4c4ccccc4c3c2)c1)=c1/sc2ccc(-c3ccccc3)cc2/c1=C/CC1=CC=CCC1. The van der Waals surface area contributed by atoms with Crippen LogP contribution in [0.5, 0.6) is 0 Å². The van der Waals surface area contributed by atoms with Crippen molar-refractivity contribution in [2.24, 2.45) is 0 Å². The normalized spacial score (nSPS) is 14.2. The molecule has 7 aromatic carbocycles. The van der Waals surface area contributed by atoms with Crippen LogP contribution in [0, 0.1) is 0 Å². The first-order valence-corrected chi connectivity index (χ1v) is 18.7. The van der Waals surface area contributed by atoms with Gasteiger partial charge in [-0.2, -0.15) is 0 Å². The summed E-state index contributed by atoms with van der Waals surface area (Å²) in [6.07, 6.45) is 13.5. The second-order valence-electron chi connectivity index (χ2n) is 13.4. The fraction of sp³-hybridized carbons (Fsp3) is 0.102. The quantitative estimate of drug-likeness (QED) is 0.156. The first-order valence-electron chi connectivity index (χ1n) is 17.8. The van der Waals surface area contributed by atoms with Crippen LogP contribution < -0.4 is 9.75 Å². The van der Waals surface area contributed by atoms with Gasteiger partial charge in [0.1, 0.15) is 0 Å². The van der Waals surface area contributed by atoms with Gasteiger partial charge in [0.25, 0.3) is 0 Å². The van der Waals surface area contributed by atoms with Gasteiger partial charge >= 0.3 is 0 Å². The van der Waals surface area contributed by atoms with Crippen molar-refractivity contribution in [1.29, 1.82) is 0 Å². The van der Waals surface area contributed by atoms with Crippen LogP contribution in [0.15, 0.2) is 163 Å². The van der Waals surface area contributed by atoms with E-state index in [0.29, 0.717) is 0 Å². The summed E-state index contributed by atoms with van der Waals surface area (Å²) in [7, 11) is 0. The van der Waals surface area contributed by atoms with Crippen molar-refractivity contribution in [2.75, 3.05) is 0 Å². The Morgan fingerprint density at radius 3 is 1.92 bits per heavy atom. The summed E-state index contributed by atoms with van der Waals surface area (Å²) in [6, 6.07) is 51.8. The van der Waals surface area contributed by atoms with Crippen LogP contribution in [0.2, 0.25) is 0 Å². The predicted octanol–water partition coefficient (Wildman–Crippen LogP) is 12.8. The number of hydrogen-bond acceptors (Lipinski definition) is 1. The van der Waals surface area contributed by atoms with Crippen molar-refractivity contribution in [1.82, 2.24) is 0 Å². The Morgan fingerprint density at radius 2 is 1.20 bits per heavy atom. The maximum Gasteiger partial charge on any atom is 0.0390 e. The molecule has 1 heteroatoms. The lowest BCUT2D eigenvalue weighted by molar-refractivity contribution is 0.936. The van der Waals surface area contributed by atoms with Crippen molar-refractivity contribution in [2.45, 2.75) is 32.6 Å². The van der Waals surface area contributed by atoms with Crippen molar-refractivity contribution in [3.05, 3.63) is 179 Å². The number of rotatable bonds is 6. The second kappa shape index (κ2) is 13.1. The summed E-state index contributed by atoms with van der Waals surface area (Å²) in [5.41, 5.74) is 9.26. The highest BCUT2D eigenvalue weighted by molar-refractivity contribution is 7.17. The molecule has 1 aliphatic rings. The molecule has 0 bridgehead atoms. The molecule has 0 fully saturated rings. The Kier molecular flexibility index (Phi) is 7.99. The van der Waals surface area contributed by atoms with E-state index in [9.17, 15) is 0 Å². The number of allylic oxidation sites excluding steroid dienone is 4. The molecule has 0 aliphatic heterocycles. The molecule has 0 saturated carbocycles. The zero-order valence-electron chi connectivity index (χ0n) is 28.3. The second-order valence-corrected chi connectivity index (χ2v) is 14.4. The summed E-state index contributed by atoms with van der Waals surface area (Å²) in [6.45, 7) is 2.31. The molecule has 8 aromatic rings. The molecule has 0 radical (unpaired) electrons. The smallest absolute Gasteiger partial charge is 0.0390 e. The third-order valence-electron chi connectivity index (χ3n) is 10.4. The van der Waals surface area contributed by atoms with E-state index in [1.54, 1.807) is 0 Å². The predicted molar refractivity (Wildman–Crippen MR) is 219 cm³/mol. The fourth-order valence-electron chi connectivity index (χ4n) is 7.88. The molecule has 0 N–H and O–H groups in total. The van der Waals surface area contributed by atoms with E-state index in [2.05, 4.69) is 171 Å². The van der Waals surface area contributed by atoms with E-state index in [1.807, 2.05) is 11.3 Å². The average Bonchev–Trinajstić information content (AvgIpc) is 3.55. The number of benzene rings is 7. The number of thiophene rings is 1. The summed E-state index contributed by atoms with van der Waals surface area (Å²) in [5, 5.41) is 10.6. The van der Waals surface area contributed by atoms with Crippen molar-refractivity contribution in [3.63, 3.8) is 0 Å². The highest BCUT2D eigenvalue weighted by Gasteiger charge is 2.13. The molecule has 0 saturated heterocycles. The van der Waals surface area contributed by atoms with E-state index in [1.165, 1.54) is 91.1 Å². The van der Waals surface area contributed by atoms with Gasteiger partial charge in [-0.05, 0) is 121 Å². The van der Waals surface area contributed by atoms with E-state index in [-0.39, 0.29) is 0 Å². The Labute approximate surface area is 297 Å². The van der Waals surface area contributed by atoms with Gasteiger partial charge in [0, 0.05) is 14.6 Å². The fourth-order valence-corrected chi connectivity index (χ4v) is 9.20. The lowest BCUT2D eigenvalue weighted by atomic mass is 9.91. The zero-order valence-corrected chi connectivity index (χ0v) is 29.1. The van der Waals surface area contributed by atoms with Gasteiger partial charge in [-0.3, -0.25) is 0 Å². The molecule has 0 amide bonds. The number of fused-ring (bicyclic) bond motifs is 7. The van der Waals surface area contributed by atoms with Crippen LogP contribution in [0.4, 0.5) is 0 Å². The molecule has 1 aliphatic carbocycles. The van der Waals surface area contributed by atoms with Crippen LogP contribution in [0.3, 0.4) is 0 Å². The molecule has 0 unspecified atom stereocenters. The summed E-state index contributed by atoms with van der Waals surface area (Å²) in [5.74, 6) is 0. The van der Waals surface area contributed by atoms with E-state index < -0.39 is 0 Å². The van der Waals surface area contributed by atoms with Gasteiger partial charge in [0.15, 0.2) is 0 Å². The first kappa shape index (κ1) is 30.6. The first-order chi connectivity index (χ1) is 24.7. The van der Waals surface area contributed by atoms with Crippen LogP contribution in [-0.2, 0) is 0 Å². The minimum Gasteiger partial charge on any atom is -0.135 e. The van der Waals surface area contributed by atoms with Gasteiger partial charge in [-0.1, -0.05) is 152 Å². The monoisotopic (exact) mass is 658 g/mol. The molecule has 0 atom stereocenters. The van der Waals surface area contributed by atoms with Gasteiger partial charge in [0.05, 0.1) is 0 Å². The Bertz CT molecular complexity index is 2720. The van der Waals surface area contributed by atoms with Gasteiger partial charge in [-0.15, -0.1) is 11.3 Å². The topological polar surface area (TPSA) is 0 Å². The molecule has 9 rings (SSSR count). The van der Waals surface area contributed by atoms with Gasteiger partial charge < -0.3 is 0 Å². The molecular formula is C49H38S. The minimum absolute atomic E-state index is 0.961. The van der Waals surface area contributed by atoms with Crippen LogP contribution in [0.1, 0.15) is 38.2 Å². The van der Waals surface area contributed by atoms with Crippen molar-refractivity contribution < 1.29 is 0 Å². The summed E-state index contributed by atoms with van der Waals surface area (Å²) < 4.78 is 2.74. The highest BCUT2D eigenvalue weighted by atomic mass is 32.1. The standard InChI is InChI=1S/C49H38S/c1-2-39(49-45(27-24-33-14-5-3-6-15-33)47-32-36(26-29-48(47)50-49)34-16-7-4-8-17-34)38-19-13-18-35(30-38)37-25-28-44-42-22-10-9-20-40(42)41-21-11-12-23-43(41)46(44)31-37/h3-5,7-14,16-23,25-32H,2,6,15,24H2,1H3/b45-27-,49-39-.